The van der Waals surface area contributed by atoms with Crippen LogP contribution in [0.4, 0.5) is 4.39 Å². The van der Waals surface area contributed by atoms with E-state index in [4.69, 9.17) is 11.6 Å². The van der Waals surface area contributed by atoms with Gasteiger partial charge < -0.3 is 5.11 Å². The van der Waals surface area contributed by atoms with Gasteiger partial charge in [-0.2, -0.15) is 5.10 Å². The van der Waals surface area contributed by atoms with Gasteiger partial charge in [-0.3, -0.25) is 4.68 Å². The van der Waals surface area contributed by atoms with E-state index in [0.29, 0.717) is 20.8 Å². The number of aryl methyl sites for hydroxylation is 1. The van der Waals surface area contributed by atoms with Crippen LogP contribution in [0.15, 0.2) is 22.7 Å². The number of halogens is 3. The Balaban J connectivity index is 2.34. The molecule has 0 spiro atoms. The van der Waals surface area contributed by atoms with Gasteiger partial charge in [-0.1, -0.05) is 47.4 Å². The molecule has 0 aliphatic rings. The maximum Gasteiger partial charge on any atom is 0.132 e. The Morgan fingerprint density at radius 3 is 2.67 bits per heavy atom. The summed E-state index contributed by atoms with van der Waals surface area (Å²) >= 11 is 9.44. The van der Waals surface area contributed by atoms with Gasteiger partial charge in [-0.15, -0.1) is 0 Å². The highest BCUT2D eigenvalue weighted by Crippen LogP contribution is 2.33. The summed E-state index contributed by atoms with van der Waals surface area (Å²) in [4.78, 5) is 0. The molecule has 0 aliphatic carbocycles. The number of aliphatic hydroxyl groups is 1. The van der Waals surface area contributed by atoms with Crippen LogP contribution in [0.2, 0.25) is 5.15 Å². The molecule has 0 saturated carbocycles. The van der Waals surface area contributed by atoms with E-state index in [1.54, 1.807) is 19.2 Å². The van der Waals surface area contributed by atoms with Gasteiger partial charge in [0.2, 0.25) is 0 Å². The lowest BCUT2D eigenvalue weighted by Gasteiger charge is -2.14. The Morgan fingerprint density at radius 1 is 1.43 bits per heavy atom. The lowest BCUT2D eigenvalue weighted by atomic mass is 9.97. The molecule has 0 amide bonds. The molecule has 2 rings (SSSR count). The zero-order valence-electron chi connectivity index (χ0n) is 12.1. The monoisotopic (exact) mass is 374 g/mol. The molecule has 1 N–H and O–H groups in total. The van der Waals surface area contributed by atoms with E-state index >= 15 is 0 Å². The second kappa shape index (κ2) is 6.46. The molecule has 21 heavy (non-hydrogen) atoms. The summed E-state index contributed by atoms with van der Waals surface area (Å²) < 4.78 is 16.1. The highest BCUT2D eigenvalue weighted by Gasteiger charge is 2.24. The number of hydrogen-bond donors (Lipinski definition) is 1. The van der Waals surface area contributed by atoms with Crippen molar-refractivity contribution in [3.63, 3.8) is 0 Å². The quantitative estimate of drug-likeness (QED) is 0.861. The van der Waals surface area contributed by atoms with E-state index < -0.39 is 6.10 Å². The number of aliphatic hydroxyl groups excluding tert-OH is 1. The fourth-order valence-electron chi connectivity index (χ4n) is 2.27. The first kappa shape index (κ1) is 16.5. The SMILES string of the molecule is CC(C)c1nn(C)c(Cl)c1C(O)Cc1ccc(Br)cc1F. The Bertz CT molecular complexity index is 657. The third-order valence-electron chi connectivity index (χ3n) is 3.35. The van der Waals surface area contributed by atoms with Crippen LogP contribution in [0.3, 0.4) is 0 Å². The molecular weight excluding hydrogens is 359 g/mol. The van der Waals surface area contributed by atoms with E-state index in [0.717, 1.165) is 5.69 Å². The Morgan fingerprint density at radius 2 is 2.10 bits per heavy atom. The third kappa shape index (κ3) is 3.47. The minimum absolute atomic E-state index is 0.128. The van der Waals surface area contributed by atoms with E-state index in [-0.39, 0.29) is 18.2 Å². The summed E-state index contributed by atoms with van der Waals surface area (Å²) in [6.45, 7) is 3.96. The van der Waals surface area contributed by atoms with Crippen LogP contribution in [-0.2, 0) is 13.5 Å². The van der Waals surface area contributed by atoms with Crippen molar-refractivity contribution in [2.24, 2.45) is 7.05 Å². The molecule has 114 valence electrons. The van der Waals surface area contributed by atoms with Crippen molar-refractivity contribution in [1.29, 1.82) is 0 Å². The number of benzene rings is 1. The van der Waals surface area contributed by atoms with Gasteiger partial charge >= 0.3 is 0 Å². The maximum atomic E-state index is 13.9. The summed E-state index contributed by atoms with van der Waals surface area (Å²) in [7, 11) is 1.73. The van der Waals surface area contributed by atoms with Crippen molar-refractivity contribution in [1.82, 2.24) is 9.78 Å². The molecular formula is C15H17BrClFN2O. The lowest BCUT2D eigenvalue weighted by Crippen LogP contribution is -2.07. The summed E-state index contributed by atoms with van der Waals surface area (Å²) in [5, 5.41) is 15.2. The fraction of sp³-hybridized carbons (Fsp3) is 0.400. The highest BCUT2D eigenvalue weighted by molar-refractivity contribution is 9.10. The summed E-state index contributed by atoms with van der Waals surface area (Å²) in [6.07, 6.45) is -0.733. The first-order valence-corrected chi connectivity index (χ1v) is 7.82. The van der Waals surface area contributed by atoms with Crippen LogP contribution in [-0.4, -0.2) is 14.9 Å². The average molecular weight is 376 g/mol. The van der Waals surface area contributed by atoms with Crippen molar-refractivity contribution >= 4 is 27.5 Å². The van der Waals surface area contributed by atoms with E-state index in [1.165, 1.54) is 10.7 Å². The largest absolute Gasteiger partial charge is 0.388 e. The van der Waals surface area contributed by atoms with Gasteiger partial charge in [-0.05, 0) is 23.6 Å². The first-order valence-electron chi connectivity index (χ1n) is 6.65. The molecule has 1 aromatic heterocycles. The van der Waals surface area contributed by atoms with E-state index in [9.17, 15) is 9.50 Å². The van der Waals surface area contributed by atoms with Crippen LogP contribution in [0.5, 0.6) is 0 Å². The third-order valence-corrected chi connectivity index (χ3v) is 4.29. The molecule has 0 radical (unpaired) electrons. The second-order valence-corrected chi connectivity index (χ2v) is 6.60. The second-order valence-electron chi connectivity index (χ2n) is 5.32. The number of rotatable bonds is 4. The van der Waals surface area contributed by atoms with Crippen LogP contribution in [0, 0.1) is 5.82 Å². The van der Waals surface area contributed by atoms with Crippen molar-refractivity contribution in [2.75, 3.05) is 0 Å². The molecule has 0 saturated heterocycles. The zero-order valence-corrected chi connectivity index (χ0v) is 14.4. The predicted molar refractivity (Wildman–Crippen MR) is 85.1 cm³/mol. The molecule has 1 heterocycles. The van der Waals surface area contributed by atoms with Crippen LogP contribution in [0.25, 0.3) is 0 Å². The van der Waals surface area contributed by atoms with Gasteiger partial charge in [0.05, 0.1) is 11.8 Å². The molecule has 2 aromatic rings. The minimum atomic E-state index is -0.890. The standard InChI is InChI=1S/C15H17BrClFN2O/c1-8(2)14-13(15(17)20(3)19-14)12(21)6-9-4-5-10(16)7-11(9)18/h4-5,7-8,12,21H,6H2,1-3H3. The fourth-order valence-corrected chi connectivity index (χ4v) is 2.87. The number of nitrogens with zero attached hydrogens (tertiary/aromatic N) is 2. The minimum Gasteiger partial charge on any atom is -0.388 e. The first-order chi connectivity index (χ1) is 9.81. The summed E-state index contributed by atoms with van der Waals surface area (Å²) in [5.41, 5.74) is 1.77. The van der Waals surface area contributed by atoms with Crippen LogP contribution in [0.1, 0.15) is 42.7 Å². The Kier molecular flexibility index (Phi) is 5.07. The molecule has 0 bridgehead atoms. The zero-order chi connectivity index (χ0) is 15.7. The van der Waals surface area contributed by atoms with Gasteiger partial charge in [-0.25, -0.2) is 4.39 Å². The van der Waals surface area contributed by atoms with Crippen molar-refractivity contribution in [3.8, 4) is 0 Å². The van der Waals surface area contributed by atoms with Gasteiger partial charge in [0.25, 0.3) is 0 Å². The Hall–Kier alpha value is -0.910. The normalized spacial score (nSPS) is 13.0. The van der Waals surface area contributed by atoms with Crippen molar-refractivity contribution in [2.45, 2.75) is 32.3 Å². The van der Waals surface area contributed by atoms with Gasteiger partial charge in [0, 0.05) is 23.5 Å². The molecule has 3 nitrogen and oxygen atoms in total. The number of aromatic nitrogens is 2. The van der Waals surface area contributed by atoms with Crippen molar-refractivity contribution in [3.05, 3.63) is 50.5 Å². The Labute approximate surface area is 136 Å². The summed E-state index contributed by atoms with van der Waals surface area (Å²) in [5.74, 6) is -0.224. The highest BCUT2D eigenvalue weighted by atomic mass is 79.9. The molecule has 0 aliphatic heterocycles. The van der Waals surface area contributed by atoms with E-state index in [2.05, 4.69) is 21.0 Å². The molecule has 6 heteroatoms. The average Bonchev–Trinajstić information content (AvgIpc) is 2.69. The predicted octanol–water partition coefficient (Wildman–Crippen LogP) is 4.37. The molecule has 0 fully saturated rings. The molecule has 1 aromatic carbocycles. The lowest BCUT2D eigenvalue weighted by molar-refractivity contribution is 0.175. The maximum absolute atomic E-state index is 13.9. The molecule has 1 atom stereocenters. The van der Waals surface area contributed by atoms with E-state index in [1.807, 2.05) is 13.8 Å². The smallest absolute Gasteiger partial charge is 0.132 e. The number of hydrogen-bond acceptors (Lipinski definition) is 2. The van der Waals surface area contributed by atoms with Crippen LogP contribution >= 0.6 is 27.5 Å². The van der Waals surface area contributed by atoms with Gasteiger partial charge in [0.1, 0.15) is 11.0 Å². The molecule has 1 unspecified atom stereocenters. The van der Waals surface area contributed by atoms with Gasteiger partial charge in [0.15, 0.2) is 0 Å². The summed E-state index contributed by atoms with van der Waals surface area (Å²) in [6, 6.07) is 4.79. The topological polar surface area (TPSA) is 38.0 Å². The van der Waals surface area contributed by atoms with Crippen molar-refractivity contribution < 1.29 is 9.50 Å². The van der Waals surface area contributed by atoms with Crippen LogP contribution < -0.4 is 0 Å².